The predicted octanol–water partition coefficient (Wildman–Crippen LogP) is 3.23. The van der Waals surface area contributed by atoms with Crippen molar-refractivity contribution in [3.05, 3.63) is 66.4 Å². The van der Waals surface area contributed by atoms with E-state index in [1.807, 2.05) is 30.4 Å². The van der Waals surface area contributed by atoms with Gasteiger partial charge in [0.05, 0.1) is 0 Å². The summed E-state index contributed by atoms with van der Waals surface area (Å²) in [5.74, 6) is 0. The van der Waals surface area contributed by atoms with Crippen molar-refractivity contribution in [1.82, 2.24) is 4.90 Å². The van der Waals surface area contributed by atoms with Gasteiger partial charge in [0.25, 0.3) is 0 Å². The molecule has 0 amide bonds. The van der Waals surface area contributed by atoms with Gasteiger partial charge in [0.1, 0.15) is 0 Å². The van der Waals surface area contributed by atoms with E-state index in [0.717, 1.165) is 17.9 Å². The van der Waals surface area contributed by atoms with Gasteiger partial charge < -0.3 is 4.90 Å². The fraction of sp³-hybridized carbons (Fsp3) is 0.143. The minimum atomic E-state index is 0. The Morgan fingerprint density at radius 1 is 1.25 bits per heavy atom. The summed E-state index contributed by atoms with van der Waals surface area (Å²) >= 11 is 0. The van der Waals surface area contributed by atoms with Crippen LogP contribution in [0.25, 0.3) is 5.70 Å². The van der Waals surface area contributed by atoms with Crippen LogP contribution in [0, 0.1) is 6.08 Å². The van der Waals surface area contributed by atoms with Crippen LogP contribution in [-0.2, 0) is 32.7 Å². The Hall–Kier alpha value is -0.656. The van der Waals surface area contributed by atoms with Gasteiger partial charge in [-0.1, -0.05) is 36.0 Å². The predicted molar refractivity (Wildman–Crippen MR) is 63.8 cm³/mol. The van der Waals surface area contributed by atoms with Crippen molar-refractivity contribution in [1.29, 1.82) is 0 Å². The standard InChI is InChI=1S/C14H14N.Y/c1-3-15-12(2)8-7-11-14(15)13-9-5-4-6-10-13;/h4-10H,2-3H2,1H3;/q-1;. The Labute approximate surface area is 122 Å². The first-order chi connectivity index (χ1) is 7.33. The number of nitrogens with zero attached hydrogens (tertiary/aromatic N) is 1. The monoisotopic (exact) mass is 285 g/mol. The third-order valence-electron chi connectivity index (χ3n) is 2.48. The van der Waals surface area contributed by atoms with Gasteiger partial charge in [-0.05, 0) is 12.6 Å². The van der Waals surface area contributed by atoms with Crippen LogP contribution in [-0.4, -0.2) is 11.4 Å². The molecule has 1 aromatic carbocycles. The average molecular weight is 285 g/mol. The summed E-state index contributed by atoms with van der Waals surface area (Å²) < 4.78 is 0. The number of benzene rings is 1. The molecule has 0 aliphatic carbocycles. The summed E-state index contributed by atoms with van der Waals surface area (Å²) in [6, 6.07) is 10.3. The van der Waals surface area contributed by atoms with E-state index >= 15 is 0 Å². The summed E-state index contributed by atoms with van der Waals surface area (Å²) in [5.41, 5.74) is 3.31. The van der Waals surface area contributed by atoms with Gasteiger partial charge >= 0.3 is 0 Å². The Balaban J connectivity index is 0.00000128. The van der Waals surface area contributed by atoms with Crippen molar-refractivity contribution in [2.24, 2.45) is 0 Å². The van der Waals surface area contributed by atoms with E-state index in [1.165, 1.54) is 5.56 Å². The van der Waals surface area contributed by atoms with Crippen LogP contribution in [0.2, 0.25) is 0 Å². The van der Waals surface area contributed by atoms with Crippen molar-refractivity contribution in [3.63, 3.8) is 0 Å². The van der Waals surface area contributed by atoms with Crippen LogP contribution in [0.3, 0.4) is 0 Å². The zero-order valence-electron chi connectivity index (χ0n) is 9.48. The largest absolute Gasteiger partial charge is 0.376 e. The first-order valence-corrected chi connectivity index (χ1v) is 5.15. The molecule has 0 spiro atoms. The van der Waals surface area contributed by atoms with E-state index < -0.39 is 0 Å². The van der Waals surface area contributed by atoms with Crippen LogP contribution in [0.5, 0.6) is 0 Å². The first-order valence-electron chi connectivity index (χ1n) is 5.15. The van der Waals surface area contributed by atoms with Gasteiger partial charge in [-0.25, -0.2) is 0 Å². The second-order valence-corrected chi connectivity index (χ2v) is 3.43. The number of likely N-dealkylation sites (N-methyl/N-ethyl adjacent to an activating group) is 1. The molecule has 0 atom stereocenters. The molecule has 1 aliphatic rings. The summed E-state index contributed by atoms with van der Waals surface area (Å²) in [5, 5.41) is 0. The molecule has 16 heavy (non-hydrogen) atoms. The van der Waals surface area contributed by atoms with Crippen molar-refractivity contribution in [2.45, 2.75) is 6.92 Å². The van der Waals surface area contributed by atoms with Gasteiger partial charge in [-0.2, -0.15) is 12.2 Å². The van der Waals surface area contributed by atoms with Gasteiger partial charge in [-0.3, -0.25) is 0 Å². The fourth-order valence-electron chi connectivity index (χ4n) is 1.72. The SMILES string of the molecule is C=C1C=C[C-]=C(c2ccccc2)N1CC.[Y]. The molecule has 0 aromatic heterocycles. The van der Waals surface area contributed by atoms with Gasteiger partial charge in [-0.15, -0.1) is 18.2 Å². The van der Waals surface area contributed by atoms with Gasteiger partial charge in [0.2, 0.25) is 0 Å². The van der Waals surface area contributed by atoms with Crippen LogP contribution < -0.4 is 0 Å². The zero-order chi connectivity index (χ0) is 10.7. The van der Waals surface area contributed by atoms with E-state index in [0.29, 0.717) is 0 Å². The molecule has 2 rings (SSSR count). The fourth-order valence-corrected chi connectivity index (χ4v) is 1.72. The van der Waals surface area contributed by atoms with E-state index in [-0.39, 0.29) is 32.7 Å². The van der Waals surface area contributed by atoms with Gasteiger partial charge in [0.15, 0.2) is 0 Å². The van der Waals surface area contributed by atoms with E-state index in [9.17, 15) is 0 Å². The Morgan fingerprint density at radius 3 is 2.56 bits per heavy atom. The number of hydrogen-bond acceptors (Lipinski definition) is 1. The quantitative estimate of drug-likeness (QED) is 0.754. The van der Waals surface area contributed by atoms with Crippen molar-refractivity contribution in [3.8, 4) is 0 Å². The van der Waals surface area contributed by atoms with Crippen LogP contribution in [0.1, 0.15) is 12.5 Å². The third-order valence-corrected chi connectivity index (χ3v) is 2.48. The van der Waals surface area contributed by atoms with E-state index in [4.69, 9.17) is 0 Å². The molecule has 0 bridgehead atoms. The van der Waals surface area contributed by atoms with Crippen molar-refractivity contribution >= 4 is 5.70 Å². The maximum Gasteiger partial charge on any atom is 0.0169 e. The second kappa shape index (κ2) is 6.17. The molecule has 1 heterocycles. The molecule has 2 heteroatoms. The molecule has 0 saturated carbocycles. The van der Waals surface area contributed by atoms with E-state index in [2.05, 4.69) is 36.6 Å². The smallest absolute Gasteiger partial charge is 0.0169 e. The minimum Gasteiger partial charge on any atom is -0.376 e. The summed E-state index contributed by atoms with van der Waals surface area (Å²) in [6.45, 7) is 7.06. The number of allylic oxidation sites excluding steroid dienone is 3. The maximum absolute atomic E-state index is 4.02. The van der Waals surface area contributed by atoms with Gasteiger partial charge in [0, 0.05) is 39.3 Å². The molecule has 79 valence electrons. The summed E-state index contributed by atoms with van der Waals surface area (Å²) in [4.78, 5) is 2.16. The molecule has 0 N–H and O–H groups in total. The molecular weight excluding hydrogens is 271 g/mol. The van der Waals surface area contributed by atoms with Crippen molar-refractivity contribution in [2.75, 3.05) is 6.54 Å². The zero-order valence-corrected chi connectivity index (χ0v) is 12.3. The summed E-state index contributed by atoms with van der Waals surface area (Å²) in [6.07, 6.45) is 7.18. The molecule has 1 radical (unpaired) electrons. The van der Waals surface area contributed by atoms with E-state index in [1.54, 1.807) is 0 Å². The summed E-state index contributed by atoms with van der Waals surface area (Å²) in [7, 11) is 0. The minimum absolute atomic E-state index is 0. The Bertz CT molecular complexity index is 418. The molecule has 0 fully saturated rings. The average Bonchev–Trinajstić information content (AvgIpc) is 2.30. The number of rotatable bonds is 2. The van der Waals surface area contributed by atoms with Crippen LogP contribution >= 0.6 is 0 Å². The molecule has 1 aromatic rings. The second-order valence-electron chi connectivity index (χ2n) is 3.43. The molecule has 0 unspecified atom stereocenters. The molecule has 1 nitrogen and oxygen atoms in total. The Kier molecular flexibility index (Phi) is 5.17. The van der Waals surface area contributed by atoms with Crippen molar-refractivity contribution < 1.29 is 32.7 Å². The Morgan fingerprint density at radius 2 is 1.94 bits per heavy atom. The van der Waals surface area contributed by atoms with Crippen LogP contribution in [0.15, 0.2) is 54.8 Å². The van der Waals surface area contributed by atoms with Crippen LogP contribution in [0.4, 0.5) is 0 Å². The number of hydrogen-bond donors (Lipinski definition) is 0. The normalized spacial score (nSPS) is 14.4. The first kappa shape index (κ1) is 13.4. The topological polar surface area (TPSA) is 3.24 Å². The molecular formula is C14H14NY-. The molecule has 0 saturated heterocycles. The molecule has 1 aliphatic heterocycles. The maximum atomic E-state index is 4.02. The third kappa shape index (κ3) is 2.72.